The molecule has 2 N–H and O–H groups in total. The highest BCUT2D eigenvalue weighted by atomic mass is 16.5. The summed E-state index contributed by atoms with van der Waals surface area (Å²) in [6.07, 6.45) is 1.23. The Labute approximate surface area is 95.3 Å². The topological polar surface area (TPSA) is 50.4 Å². The lowest BCUT2D eigenvalue weighted by molar-refractivity contribution is -0.111. The number of ether oxygens (including phenoxy) is 1. The molecular weight excluding hydrogens is 204 g/mol. The van der Waals surface area contributed by atoms with E-state index < -0.39 is 0 Å². The van der Waals surface area contributed by atoms with Crippen LogP contribution in [0.25, 0.3) is 0 Å². The maximum Gasteiger partial charge on any atom is 0.247 e. The number of amides is 1. The molecule has 0 aliphatic carbocycles. The molecule has 4 nitrogen and oxygen atoms in total. The highest BCUT2D eigenvalue weighted by Gasteiger charge is 2.04. The van der Waals surface area contributed by atoms with Gasteiger partial charge in [-0.3, -0.25) is 4.79 Å². The van der Waals surface area contributed by atoms with E-state index in [0.29, 0.717) is 5.69 Å². The molecule has 0 aliphatic rings. The second kappa shape index (κ2) is 5.80. The summed E-state index contributed by atoms with van der Waals surface area (Å²) in [5, 5.41) is 5.85. The highest BCUT2D eigenvalue weighted by molar-refractivity contribution is 5.99. The Balaban J connectivity index is 2.92. The zero-order valence-electron chi connectivity index (χ0n) is 9.54. The number of rotatable bonds is 5. The van der Waals surface area contributed by atoms with Crippen molar-refractivity contribution in [1.82, 2.24) is 0 Å². The largest absolute Gasteiger partial charge is 0.495 e. The Hall–Kier alpha value is -1.97. The fourth-order valence-corrected chi connectivity index (χ4v) is 1.31. The maximum atomic E-state index is 11.1. The van der Waals surface area contributed by atoms with Crippen LogP contribution in [0.1, 0.15) is 6.92 Å². The molecule has 0 saturated heterocycles. The molecule has 0 bridgehead atoms. The summed E-state index contributed by atoms with van der Waals surface area (Å²) >= 11 is 0. The van der Waals surface area contributed by atoms with Gasteiger partial charge >= 0.3 is 0 Å². The van der Waals surface area contributed by atoms with Crippen LogP contribution in [0.4, 0.5) is 11.4 Å². The van der Waals surface area contributed by atoms with Crippen molar-refractivity contribution in [3.8, 4) is 5.75 Å². The Bertz CT molecular complexity index is 389. The number of anilines is 2. The van der Waals surface area contributed by atoms with Crippen LogP contribution in [-0.4, -0.2) is 19.6 Å². The molecule has 0 fully saturated rings. The van der Waals surface area contributed by atoms with Gasteiger partial charge in [-0.25, -0.2) is 0 Å². The summed E-state index contributed by atoms with van der Waals surface area (Å²) in [5.41, 5.74) is 1.56. The van der Waals surface area contributed by atoms with Gasteiger partial charge in [-0.2, -0.15) is 0 Å². The minimum atomic E-state index is -0.229. The van der Waals surface area contributed by atoms with Crippen molar-refractivity contribution < 1.29 is 9.53 Å². The number of hydrogen-bond acceptors (Lipinski definition) is 3. The zero-order chi connectivity index (χ0) is 12.0. The maximum absolute atomic E-state index is 11.1. The molecule has 0 aromatic heterocycles. The van der Waals surface area contributed by atoms with Crippen LogP contribution in [-0.2, 0) is 4.79 Å². The number of nitrogens with one attached hydrogen (secondary N) is 2. The summed E-state index contributed by atoms with van der Waals surface area (Å²) in [5.74, 6) is 0.520. The van der Waals surface area contributed by atoms with E-state index in [1.54, 1.807) is 19.2 Å². The first-order chi connectivity index (χ1) is 7.71. The van der Waals surface area contributed by atoms with Crippen LogP contribution in [0.5, 0.6) is 5.75 Å². The highest BCUT2D eigenvalue weighted by Crippen LogP contribution is 2.27. The van der Waals surface area contributed by atoms with Crippen molar-refractivity contribution in [1.29, 1.82) is 0 Å². The van der Waals surface area contributed by atoms with Gasteiger partial charge in [-0.15, -0.1) is 0 Å². The van der Waals surface area contributed by atoms with Crippen LogP contribution >= 0.6 is 0 Å². The number of benzene rings is 1. The Morgan fingerprint density at radius 3 is 2.88 bits per heavy atom. The third-order valence-electron chi connectivity index (χ3n) is 2.02. The smallest absolute Gasteiger partial charge is 0.247 e. The third-order valence-corrected chi connectivity index (χ3v) is 2.02. The van der Waals surface area contributed by atoms with Crippen LogP contribution in [0.3, 0.4) is 0 Å². The predicted molar refractivity (Wildman–Crippen MR) is 66.0 cm³/mol. The van der Waals surface area contributed by atoms with Crippen molar-refractivity contribution >= 4 is 17.3 Å². The van der Waals surface area contributed by atoms with Crippen LogP contribution in [0.15, 0.2) is 30.9 Å². The van der Waals surface area contributed by atoms with Crippen molar-refractivity contribution in [2.24, 2.45) is 0 Å². The number of hydrogen-bond donors (Lipinski definition) is 2. The van der Waals surface area contributed by atoms with Crippen molar-refractivity contribution in [3.05, 3.63) is 30.9 Å². The van der Waals surface area contributed by atoms with Crippen molar-refractivity contribution in [3.63, 3.8) is 0 Å². The van der Waals surface area contributed by atoms with Gasteiger partial charge in [0.15, 0.2) is 0 Å². The van der Waals surface area contributed by atoms with Gasteiger partial charge in [0.1, 0.15) is 5.75 Å². The second-order valence-electron chi connectivity index (χ2n) is 3.14. The fraction of sp³-hybridized carbons (Fsp3) is 0.250. The van der Waals surface area contributed by atoms with Crippen LogP contribution < -0.4 is 15.4 Å². The van der Waals surface area contributed by atoms with Gasteiger partial charge in [-0.05, 0) is 31.2 Å². The summed E-state index contributed by atoms with van der Waals surface area (Å²) in [4.78, 5) is 11.1. The molecule has 1 amide bonds. The van der Waals surface area contributed by atoms with Gasteiger partial charge in [0.25, 0.3) is 0 Å². The molecule has 1 aromatic rings. The van der Waals surface area contributed by atoms with E-state index in [0.717, 1.165) is 18.0 Å². The molecule has 0 unspecified atom stereocenters. The van der Waals surface area contributed by atoms with E-state index in [-0.39, 0.29) is 5.91 Å². The molecule has 1 aromatic carbocycles. The van der Waals surface area contributed by atoms with Gasteiger partial charge in [0.2, 0.25) is 5.91 Å². The van der Waals surface area contributed by atoms with Crippen LogP contribution in [0.2, 0.25) is 0 Å². The Morgan fingerprint density at radius 1 is 1.56 bits per heavy atom. The van der Waals surface area contributed by atoms with E-state index in [4.69, 9.17) is 4.74 Å². The monoisotopic (exact) mass is 220 g/mol. The van der Waals surface area contributed by atoms with E-state index in [2.05, 4.69) is 17.2 Å². The van der Waals surface area contributed by atoms with Crippen molar-refractivity contribution in [2.75, 3.05) is 24.3 Å². The molecule has 86 valence electrons. The van der Waals surface area contributed by atoms with Gasteiger partial charge in [0.05, 0.1) is 12.8 Å². The molecule has 0 heterocycles. The number of carbonyl (C=O) groups excluding carboxylic acids is 1. The number of carbonyl (C=O) groups is 1. The molecule has 1 rings (SSSR count). The zero-order valence-corrected chi connectivity index (χ0v) is 9.54. The molecule has 0 radical (unpaired) electrons. The minimum absolute atomic E-state index is 0.229. The lowest BCUT2D eigenvalue weighted by atomic mass is 10.2. The Morgan fingerprint density at radius 2 is 2.31 bits per heavy atom. The lowest BCUT2D eigenvalue weighted by Gasteiger charge is -2.11. The van der Waals surface area contributed by atoms with E-state index in [9.17, 15) is 4.79 Å². The van der Waals surface area contributed by atoms with E-state index in [1.165, 1.54) is 6.08 Å². The second-order valence-corrected chi connectivity index (χ2v) is 3.14. The molecule has 16 heavy (non-hydrogen) atoms. The van der Waals surface area contributed by atoms with E-state index in [1.807, 2.05) is 13.0 Å². The summed E-state index contributed by atoms with van der Waals surface area (Å²) < 4.78 is 5.19. The van der Waals surface area contributed by atoms with Crippen molar-refractivity contribution in [2.45, 2.75) is 6.92 Å². The molecule has 0 saturated carbocycles. The summed E-state index contributed by atoms with van der Waals surface area (Å²) in [6, 6.07) is 5.40. The third kappa shape index (κ3) is 3.02. The quantitative estimate of drug-likeness (QED) is 0.748. The first-order valence-corrected chi connectivity index (χ1v) is 5.06. The molecule has 0 atom stereocenters. The lowest BCUT2D eigenvalue weighted by Crippen LogP contribution is -2.08. The average molecular weight is 220 g/mol. The average Bonchev–Trinajstić information content (AvgIpc) is 2.30. The molecule has 0 aliphatic heterocycles. The Kier molecular flexibility index (Phi) is 4.39. The SMILES string of the molecule is C=CC(=O)Nc1ccc(OC)c(NCC)c1. The standard InChI is InChI=1S/C12H16N2O2/c1-4-12(15)14-9-6-7-11(16-3)10(8-9)13-5-2/h4,6-8,13H,1,5H2,2-3H3,(H,14,15). The normalized spacial score (nSPS) is 9.38. The molecular formula is C12H16N2O2. The first-order valence-electron chi connectivity index (χ1n) is 5.06. The minimum Gasteiger partial charge on any atom is -0.495 e. The number of methoxy groups -OCH3 is 1. The first kappa shape index (κ1) is 12.1. The van der Waals surface area contributed by atoms with Gasteiger partial charge < -0.3 is 15.4 Å². The van der Waals surface area contributed by atoms with Gasteiger partial charge in [-0.1, -0.05) is 6.58 Å². The summed E-state index contributed by atoms with van der Waals surface area (Å²) in [7, 11) is 1.61. The summed E-state index contributed by atoms with van der Waals surface area (Å²) in [6.45, 7) is 6.18. The molecule has 4 heteroatoms. The fourth-order valence-electron chi connectivity index (χ4n) is 1.31. The van der Waals surface area contributed by atoms with E-state index >= 15 is 0 Å². The molecule has 0 spiro atoms. The van der Waals surface area contributed by atoms with Crippen LogP contribution in [0, 0.1) is 0 Å². The van der Waals surface area contributed by atoms with Gasteiger partial charge in [0, 0.05) is 12.2 Å². The predicted octanol–water partition coefficient (Wildman–Crippen LogP) is 2.25.